The van der Waals surface area contributed by atoms with Crippen molar-refractivity contribution < 1.29 is 32.3 Å². The van der Waals surface area contributed by atoms with Crippen molar-refractivity contribution in [2.75, 3.05) is 13.7 Å². The Bertz CT molecular complexity index is 858. The zero-order valence-electron chi connectivity index (χ0n) is 16.8. The van der Waals surface area contributed by atoms with Gasteiger partial charge in [-0.05, 0) is 41.8 Å². The Labute approximate surface area is 172 Å². The van der Waals surface area contributed by atoms with Crippen LogP contribution in [0.15, 0.2) is 47.6 Å². The van der Waals surface area contributed by atoms with E-state index in [1.54, 1.807) is 12.1 Å². The normalized spacial score (nSPS) is 12.3. The third kappa shape index (κ3) is 6.98. The van der Waals surface area contributed by atoms with E-state index in [0.717, 1.165) is 5.56 Å². The van der Waals surface area contributed by atoms with Gasteiger partial charge in [0.15, 0.2) is 18.1 Å². The summed E-state index contributed by atoms with van der Waals surface area (Å²) in [4.78, 5) is 17.2. The summed E-state index contributed by atoms with van der Waals surface area (Å²) >= 11 is 0. The lowest BCUT2D eigenvalue weighted by molar-refractivity contribution is -0.126. The van der Waals surface area contributed by atoms with Gasteiger partial charge in [0.05, 0.1) is 19.4 Å². The van der Waals surface area contributed by atoms with Gasteiger partial charge in [-0.1, -0.05) is 31.1 Å². The van der Waals surface area contributed by atoms with Crippen LogP contribution in [0.3, 0.4) is 0 Å². The van der Waals surface area contributed by atoms with Crippen molar-refractivity contribution in [1.82, 2.24) is 5.32 Å². The van der Waals surface area contributed by atoms with Crippen molar-refractivity contribution in [3.8, 4) is 11.5 Å². The second-order valence-electron chi connectivity index (χ2n) is 6.64. The molecule has 0 saturated heterocycles. The highest BCUT2D eigenvalue weighted by atomic mass is 19.3. The van der Waals surface area contributed by atoms with Gasteiger partial charge < -0.3 is 19.6 Å². The van der Waals surface area contributed by atoms with Crippen LogP contribution in [-0.4, -0.2) is 32.4 Å². The molecule has 0 aliphatic carbocycles. The number of rotatable bonds is 10. The van der Waals surface area contributed by atoms with Crippen molar-refractivity contribution in [1.29, 1.82) is 0 Å². The SMILES string of the molecule is COc1cc(/C=N/OCC(=O)NC(c2ccc(F)cc2)C(C)C)ccc1OC(F)F. The molecule has 2 aromatic rings. The molecule has 0 aliphatic heterocycles. The summed E-state index contributed by atoms with van der Waals surface area (Å²) in [6, 6.07) is 9.84. The average molecular weight is 424 g/mol. The summed E-state index contributed by atoms with van der Waals surface area (Å²) in [5, 5.41) is 6.53. The molecule has 2 rings (SSSR count). The second-order valence-corrected chi connectivity index (χ2v) is 6.64. The van der Waals surface area contributed by atoms with Crippen molar-refractivity contribution in [3.63, 3.8) is 0 Å². The Morgan fingerprint density at radius 3 is 2.43 bits per heavy atom. The minimum atomic E-state index is -2.97. The fourth-order valence-electron chi connectivity index (χ4n) is 2.67. The van der Waals surface area contributed by atoms with Crippen molar-refractivity contribution >= 4 is 12.1 Å². The molecule has 0 aliphatic rings. The molecule has 0 aromatic heterocycles. The summed E-state index contributed by atoms with van der Waals surface area (Å²) in [7, 11) is 1.32. The van der Waals surface area contributed by atoms with E-state index in [2.05, 4.69) is 15.2 Å². The zero-order valence-corrected chi connectivity index (χ0v) is 16.8. The van der Waals surface area contributed by atoms with Crippen LogP contribution < -0.4 is 14.8 Å². The van der Waals surface area contributed by atoms with Crippen molar-refractivity contribution in [3.05, 3.63) is 59.4 Å². The molecule has 1 unspecified atom stereocenters. The third-order valence-corrected chi connectivity index (χ3v) is 4.09. The van der Waals surface area contributed by atoms with Crippen LogP contribution in [0.2, 0.25) is 0 Å². The van der Waals surface area contributed by atoms with Gasteiger partial charge in [-0.15, -0.1) is 0 Å². The molecule has 0 heterocycles. The standard InChI is InChI=1S/C21H23F3N2O4/c1-13(2)20(15-5-7-16(22)8-6-15)26-19(27)12-29-25-11-14-4-9-17(30-21(23)24)18(10-14)28-3/h4-11,13,20-21H,12H2,1-3H3,(H,26,27)/b25-11+. The van der Waals surface area contributed by atoms with E-state index < -0.39 is 12.5 Å². The largest absolute Gasteiger partial charge is 0.493 e. The van der Waals surface area contributed by atoms with Crippen LogP contribution in [0.5, 0.6) is 11.5 Å². The van der Waals surface area contributed by atoms with Crippen molar-refractivity contribution in [2.45, 2.75) is 26.5 Å². The number of halogens is 3. The number of ether oxygens (including phenoxy) is 2. The molecular weight excluding hydrogens is 401 g/mol. The van der Waals surface area contributed by atoms with Gasteiger partial charge in [0.2, 0.25) is 0 Å². The Kier molecular flexibility index (Phi) is 8.52. The summed E-state index contributed by atoms with van der Waals surface area (Å²) in [6.07, 6.45) is 1.31. The summed E-state index contributed by atoms with van der Waals surface area (Å²) in [5.41, 5.74) is 1.28. The number of carbonyl (C=O) groups excluding carboxylic acids is 1. The Morgan fingerprint density at radius 1 is 1.13 bits per heavy atom. The lowest BCUT2D eigenvalue weighted by atomic mass is 9.96. The number of hydrogen-bond acceptors (Lipinski definition) is 5. The third-order valence-electron chi connectivity index (χ3n) is 4.09. The fourth-order valence-corrected chi connectivity index (χ4v) is 2.67. The maximum absolute atomic E-state index is 13.1. The van der Waals surface area contributed by atoms with Crippen LogP contribution in [-0.2, 0) is 9.63 Å². The van der Waals surface area contributed by atoms with E-state index in [9.17, 15) is 18.0 Å². The van der Waals surface area contributed by atoms with Crippen LogP contribution in [0.25, 0.3) is 0 Å². The average Bonchev–Trinajstić information content (AvgIpc) is 2.70. The quantitative estimate of drug-likeness (QED) is 0.456. The number of alkyl halides is 2. The maximum Gasteiger partial charge on any atom is 0.387 e. The molecule has 0 fully saturated rings. The van der Waals surface area contributed by atoms with Gasteiger partial charge >= 0.3 is 6.61 Å². The van der Waals surface area contributed by atoms with Crippen LogP contribution >= 0.6 is 0 Å². The van der Waals surface area contributed by atoms with E-state index in [1.165, 1.54) is 43.7 Å². The number of nitrogens with one attached hydrogen (secondary N) is 1. The topological polar surface area (TPSA) is 69.2 Å². The summed E-state index contributed by atoms with van der Waals surface area (Å²) in [5.74, 6) is -0.671. The molecule has 1 atom stereocenters. The first kappa shape index (κ1) is 23.1. The van der Waals surface area contributed by atoms with Gasteiger partial charge in [-0.25, -0.2) is 4.39 Å². The minimum Gasteiger partial charge on any atom is -0.493 e. The Morgan fingerprint density at radius 2 is 1.83 bits per heavy atom. The minimum absolute atomic E-state index is 0.0735. The highest BCUT2D eigenvalue weighted by Crippen LogP contribution is 2.29. The van der Waals surface area contributed by atoms with Gasteiger partial charge in [0.25, 0.3) is 5.91 Å². The van der Waals surface area contributed by atoms with Gasteiger partial charge in [-0.2, -0.15) is 8.78 Å². The number of hydrogen-bond donors (Lipinski definition) is 1. The zero-order chi connectivity index (χ0) is 22.1. The highest BCUT2D eigenvalue weighted by molar-refractivity contribution is 5.81. The molecule has 30 heavy (non-hydrogen) atoms. The lowest BCUT2D eigenvalue weighted by Gasteiger charge is -2.22. The summed E-state index contributed by atoms with van der Waals surface area (Å²) < 4.78 is 47.1. The summed E-state index contributed by atoms with van der Waals surface area (Å²) in [6.45, 7) is 0.569. The molecule has 6 nitrogen and oxygen atoms in total. The molecule has 1 amide bonds. The van der Waals surface area contributed by atoms with E-state index in [-0.39, 0.29) is 35.9 Å². The van der Waals surface area contributed by atoms with Gasteiger partial charge in [0.1, 0.15) is 5.82 Å². The number of carbonyl (C=O) groups is 1. The molecule has 0 saturated carbocycles. The monoisotopic (exact) mass is 424 g/mol. The van der Waals surface area contributed by atoms with Crippen LogP contribution in [0, 0.1) is 11.7 Å². The van der Waals surface area contributed by atoms with E-state index >= 15 is 0 Å². The molecule has 2 aromatic carbocycles. The second kappa shape index (κ2) is 11.1. The number of amides is 1. The maximum atomic E-state index is 13.1. The number of nitrogens with zero attached hydrogens (tertiary/aromatic N) is 1. The van der Waals surface area contributed by atoms with Gasteiger partial charge in [-0.3, -0.25) is 4.79 Å². The van der Waals surface area contributed by atoms with E-state index in [0.29, 0.717) is 5.56 Å². The molecular formula is C21H23F3N2O4. The van der Waals surface area contributed by atoms with Crippen LogP contribution in [0.1, 0.15) is 31.0 Å². The highest BCUT2D eigenvalue weighted by Gasteiger charge is 2.18. The van der Waals surface area contributed by atoms with E-state index in [1.807, 2.05) is 13.8 Å². The number of oxime groups is 1. The number of methoxy groups -OCH3 is 1. The first-order valence-electron chi connectivity index (χ1n) is 9.13. The molecule has 9 heteroatoms. The number of benzene rings is 2. The smallest absolute Gasteiger partial charge is 0.387 e. The predicted octanol–water partition coefficient (Wildman–Crippen LogP) is 4.30. The van der Waals surface area contributed by atoms with Gasteiger partial charge in [0, 0.05) is 5.56 Å². The molecule has 0 radical (unpaired) electrons. The molecule has 0 spiro atoms. The molecule has 1 N–H and O–H groups in total. The molecule has 162 valence electrons. The predicted molar refractivity (Wildman–Crippen MR) is 105 cm³/mol. The van der Waals surface area contributed by atoms with E-state index in [4.69, 9.17) is 9.57 Å². The fraction of sp³-hybridized carbons (Fsp3) is 0.333. The lowest BCUT2D eigenvalue weighted by Crippen LogP contribution is -2.34. The Hall–Kier alpha value is -3.23. The Balaban J connectivity index is 1.91. The first-order valence-corrected chi connectivity index (χ1v) is 9.13. The first-order chi connectivity index (χ1) is 14.3. The molecule has 0 bridgehead atoms. The van der Waals surface area contributed by atoms with Crippen molar-refractivity contribution in [2.24, 2.45) is 11.1 Å². The van der Waals surface area contributed by atoms with Crippen LogP contribution in [0.4, 0.5) is 13.2 Å².